The van der Waals surface area contributed by atoms with Crippen molar-refractivity contribution in [2.24, 2.45) is 5.73 Å². The summed E-state index contributed by atoms with van der Waals surface area (Å²) in [5.74, 6) is 0. The number of hydrogen-bond acceptors (Lipinski definition) is 4. The molecule has 0 spiro atoms. The monoisotopic (exact) mass is 206 g/mol. The maximum atomic E-state index is 5.90. The van der Waals surface area contributed by atoms with Crippen LogP contribution in [0.1, 0.15) is 31.4 Å². The molecule has 0 unspecified atom stereocenters. The molecule has 0 bridgehead atoms. The SMILES string of the molecule is NCC1(c2noc3ccoc23)CCCC1. The highest BCUT2D eigenvalue weighted by Crippen LogP contribution is 2.42. The summed E-state index contributed by atoms with van der Waals surface area (Å²) in [7, 11) is 0. The summed E-state index contributed by atoms with van der Waals surface area (Å²) in [6.07, 6.45) is 6.24. The van der Waals surface area contributed by atoms with Crippen molar-refractivity contribution < 1.29 is 8.94 Å². The lowest BCUT2D eigenvalue weighted by Crippen LogP contribution is -2.32. The molecule has 80 valence electrons. The van der Waals surface area contributed by atoms with Crippen LogP contribution in [0.15, 0.2) is 21.3 Å². The second-order valence-electron chi connectivity index (χ2n) is 4.34. The summed E-state index contributed by atoms with van der Waals surface area (Å²) in [6.45, 7) is 0.620. The topological polar surface area (TPSA) is 65.2 Å². The van der Waals surface area contributed by atoms with Crippen molar-refractivity contribution in [3.8, 4) is 0 Å². The second kappa shape index (κ2) is 3.10. The molecule has 2 heterocycles. The largest absolute Gasteiger partial charge is 0.459 e. The molecule has 0 amide bonds. The maximum Gasteiger partial charge on any atom is 0.205 e. The standard InChI is InChI=1S/C11H14N2O2/c12-7-11(4-1-2-5-11)10-9-8(15-13-10)3-6-14-9/h3,6H,1-2,4-5,7,12H2. The van der Waals surface area contributed by atoms with Crippen LogP contribution in [-0.4, -0.2) is 11.7 Å². The third-order valence-corrected chi connectivity index (χ3v) is 3.53. The number of nitrogens with zero attached hydrogens (tertiary/aromatic N) is 1. The third kappa shape index (κ3) is 1.14. The van der Waals surface area contributed by atoms with E-state index in [2.05, 4.69) is 5.16 Å². The first-order valence-electron chi connectivity index (χ1n) is 5.39. The molecule has 3 rings (SSSR count). The van der Waals surface area contributed by atoms with Crippen molar-refractivity contribution in [1.82, 2.24) is 5.16 Å². The first-order chi connectivity index (χ1) is 7.36. The highest BCUT2D eigenvalue weighted by atomic mass is 16.5. The first kappa shape index (κ1) is 8.97. The number of fused-ring (bicyclic) bond motifs is 1. The van der Waals surface area contributed by atoms with E-state index >= 15 is 0 Å². The van der Waals surface area contributed by atoms with Gasteiger partial charge in [0.1, 0.15) is 5.69 Å². The number of hydrogen-bond donors (Lipinski definition) is 1. The minimum atomic E-state index is -0.0108. The molecule has 2 aromatic heterocycles. The highest BCUT2D eigenvalue weighted by Gasteiger charge is 2.39. The average Bonchev–Trinajstić information content (AvgIpc) is 2.93. The van der Waals surface area contributed by atoms with Gasteiger partial charge in [0.15, 0.2) is 5.58 Å². The fraction of sp³-hybridized carbons (Fsp3) is 0.545. The lowest BCUT2D eigenvalue weighted by atomic mass is 9.82. The van der Waals surface area contributed by atoms with Gasteiger partial charge in [-0.3, -0.25) is 0 Å². The van der Waals surface area contributed by atoms with Gasteiger partial charge in [-0.15, -0.1) is 0 Å². The predicted octanol–water partition coefficient (Wildman–Crippen LogP) is 2.19. The molecule has 0 aliphatic heterocycles. The summed E-state index contributed by atoms with van der Waals surface area (Å²) in [4.78, 5) is 0. The molecule has 2 aromatic rings. The molecular weight excluding hydrogens is 192 g/mol. The van der Waals surface area contributed by atoms with Gasteiger partial charge in [0.2, 0.25) is 5.58 Å². The number of aromatic nitrogens is 1. The molecule has 1 fully saturated rings. The molecule has 2 N–H and O–H groups in total. The van der Waals surface area contributed by atoms with Crippen LogP contribution in [0.5, 0.6) is 0 Å². The Hall–Kier alpha value is -1.29. The second-order valence-corrected chi connectivity index (χ2v) is 4.34. The number of nitrogens with two attached hydrogens (primary N) is 1. The van der Waals surface area contributed by atoms with Crippen LogP contribution in [0, 0.1) is 0 Å². The molecule has 4 heteroatoms. The van der Waals surface area contributed by atoms with Gasteiger partial charge >= 0.3 is 0 Å². The van der Waals surface area contributed by atoms with Gasteiger partial charge in [0.25, 0.3) is 0 Å². The molecule has 1 saturated carbocycles. The normalized spacial score (nSPS) is 20.1. The Morgan fingerprint density at radius 3 is 2.93 bits per heavy atom. The van der Waals surface area contributed by atoms with Gasteiger partial charge in [0.05, 0.1) is 6.26 Å². The van der Waals surface area contributed by atoms with Crippen LogP contribution in [0.4, 0.5) is 0 Å². The van der Waals surface area contributed by atoms with Crippen molar-refractivity contribution in [1.29, 1.82) is 0 Å². The number of furan rings is 1. The Morgan fingerprint density at radius 2 is 2.20 bits per heavy atom. The summed E-state index contributed by atoms with van der Waals surface area (Å²) < 4.78 is 10.6. The van der Waals surface area contributed by atoms with E-state index in [9.17, 15) is 0 Å². The summed E-state index contributed by atoms with van der Waals surface area (Å²) in [5, 5.41) is 4.13. The summed E-state index contributed by atoms with van der Waals surface area (Å²) >= 11 is 0. The van der Waals surface area contributed by atoms with Crippen molar-refractivity contribution in [2.75, 3.05) is 6.54 Å². The Kier molecular flexibility index (Phi) is 1.85. The van der Waals surface area contributed by atoms with Gasteiger partial charge in [-0.25, -0.2) is 0 Å². The van der Waals surface area contributed by atoms with E-state index in [-0.39, 0.29) is 5.41 Å². The third-order valence-electron chi connectivity index (χ3n) is 3.53. The molecular formula is C11H14N2O2. The molecule has 0 radical (unpaired) electrons. The molecule has 0 aromatic carbocycles. The van der Waals surface area contributed by atoms with Gasteiger partial charge in [-0.2, -0.15) is 0 Å². The quantitative estimate of drug-likeness (QED) is 0.818. The Morgan fingerprint density at radius 1 is 1.40 bits per heavy atom. The van der Waals surface area contributed by atoms with Crippen LogP contribution in [0.3, 0.4) is 0 Å². The van der Waals surface area contributed by atoms with E-state index < -0.39 is 0 Å². The summed E-state index contributed by atoms with van der Waals surface area (Å²) in [6, 6.07) is 1.80. The van der Waals surface area contributed by atoms with E-state index in [1.807, 2.05) is 0 Å². The van der Waals surface area contributed by atoms with Crippen molar-refractivity contribution in [3.05, 3.63) is 18.0 Å². The smallest absolute Gasteiger partial charge is 0.205 e. The lowest BCUT2D eigenvalue weighted by molar-refractivity contribution is 0.379. The molecule has 0 saturated heterocycles. The zero-order valence-corrected chi connectivity index (χ0v) is 8.53. The van der Waals surface area contributed by atoms with Gasteiger partial charge < -0.3 is 14.7 Å². The van der Waals surface area contributed by atoms with Crippen molar-refractivity contribution in [2.45, 2.75) is 31.1 Å². The fourth-order valence-electron chi connectivity index (χ4n) is 2.61. The van der Waals surface area contributed by atoms with Crippen molar-refractivity contribution in [3.63, 3.8) is 0 Å². The van der Waals surface area contributed by atoms with Crippen molar-refractivity contribution >= 4 is 11.2 Å². The van der Waals surface area contributed by atoms with Crippen LogP contribution in [0.25, 0.3) is 11.2 Å². The van der Waals surface area contributed by atoms with Crippen LogP contribution < -0.4 is 5.73 Å². The minimum absolute atomic E-state index is 0.0108. The van der Waals surface area contributed by atoms with E-state index in [0.29, 0.717) is 6.54 Å². The molecule has 4 nitrogen and oxygen atoms in total. The molecule has 0 atom stereocenters. The fourth-order valence-corrected chi connectivity index (χ4v) is 2.61. The van der Waals surface area contributed by atoms with Gasteiger partial charge in [-0.05, 0) is 12.8 Å². The maximum absolute atomic E-state index is 5.90. The first-order valence-corrected chi connectivity index (χ1v) is 5.39. The molecule has 1 aliphatic carbocycles. The molecule has 15 heavy (non-hydrogen) atoms. The Balaban J connectivity index is 2.15. The van der Waals surface area contributed by atoms with E-state index in [1.54, 1.807) is 12.3 Å². The molecule has 1 aliphatic rings. The van der Waals surface area contributed by atoms with Crippen LogP contribution in [-0.2, 0) is 5.41 Å². The van der Waals surface area contributed by atoms with E-state index in [1.165, 1.54) is 12.8 Å². The lowest BCUT2D eigenvalue weighted by Gasteiger charge is -2.23. The van der Waals surface area contributed by atoms with Gasteiger partial charge in [0, 0.05) is 18.0 Å². The zero-order chi connectivity index (χ0) is 10.3. The Bertz CT molecular complexity index is 466. The highest BCUT2D eigenvalue weighted by molar-refractivity contribution is 5.74. The summed E-state index contributed by atoms with van der Waals surface area (Å²) in [5.41, 5.74) is 8.31. The Labute approximate surface area is 87.4 Å². The predicted molar refractivity (Wildman–Crippen MR) is 55.5 cm³/mol. The number of rotatable bonds is 2. The van der Waals surface area contributed by atoms with E-state index in [0.717, 1.165) is 29.7 Å². The van der Waals surface area contributed by atoms with Crippen LogP contribution in [0.2, 0.25) is 0 Å². The van der Waals surface area contributed by atoms with Gasteiger partial charge in [-0.1, -0.05) is 18.0 Å². The minimum Gasteiger partial charge on any atom is -0.459 e. The zero-order valence-electron chi connectivity index (χ0n) is 8.53. The van der Waals surface area contributed by atoms with E-state index in [4.69, 9.17) is 14.7 Å². The van der Waals surface area contributed by atoms with Crippen LogP contribution >= 0.6 is 0 Å². The average molecular weight is 206 g/mol.